The van der Waals surface area contributed by atoms with Crippen LogP contribution in [0, 0.1) is 16.7 Å². The largest absolute Gasteiger partial charge is 0.508 e. The maximum absolute atomic E-state index is 14.1. The van der Waals surface area contributed by atoms with Crippen molar-refractivity contribution in [1.82, 2.24) is 0 Å². The molecule has 6 rings (SSSR count). The van der Waals surface area contributed by atoms with E-state index in [0.717, 1.165) is 0 Å². The number of hydrogen-bond acceptors (Lipinski definition) is 12. The number of hydrogen-bond donors (Lipinski definition) is 6. The van der Waals surface area contributed by atoms with Gasteiger partial charge in [-0.05, 0) is 62.6 Å². The Morgan fingerprint density at radius 2 is 1.62 bits per heavy atom. The van der Waals surface area contributed by atoms with E-state index in [4.69, 9.17) is 18.9 Å². The van der Waals surface area contributed by atoms with E-state index in [2.05, 4.69) is 0 Å². The molecule has 1 heterocycles. The fourth-order valence-corrected chi connectivity index (χ4v) is 9.00. The van der Waals surface area contributed by atoms with Gasteiger partial charge in [0.1, 0.15) is 29.7 Å². The standard InChI is InChI=1S/C36H44O12/c1-18-23(39)16-35(33(3,4)44)26(18)27(41)29(42)34(5)24(40)15-25(46-19(2)37)36(17-45-32(48-36)21-11-13-22(38)14-12-21)28(34)30(35)47-31(43)20-9-7-6-8-10-20/h6-14,23-25,27-30,32,38-42,44H,15-17H2,1-5H3/t23-,24-,25-,27+,28?,29-,30-,32-,34+,35-,36-/m0/s1. The highest BCUT2D eigenvalue weighted by Gasteiger charge is 2.77. The van der Waals surface area contributed by atoms with Crippen LogP contribution in [-0.2, 0) is 23.7 Å². The van der Waals surface area contributed by atoms with Crippen LogP contribution in [0.2, 0.25) is 0 Å². The van der Waals surface area contributed by atoms with Crippen LogP contribution in [0.1, 0.15) is 69.7 Å². The lowest BCUT2D eigenvalue weighted by molar-refractivity contribution is -0.286. The zero-order chi connectivity index (χ0) is 35.0. The second-order valence-corrected chi connectivity index (χ2v) is 14.4. The smallest absolute Gasteiger partial charge is 0.338 e. The molecule has 1 unspecified atom stereocenters. The lowest BCUT2D eigenvalue weighted by Gasteiger charge is -2.60. The first-order valence-corrected chi connectivity index (χ1v) is 16.2. The van der Waals surface area contributed by atoms with Crippen LogP contribution in [0.3, 0.4) is 0 Å². The number of esters is 2. The summed E-state index contributed by atoms with van der Waals surface area (Å²) >= 11 is 0. The molecule has 1 aliphatic heterocycles. The molecule has 1 spiro atoms. The minimum Gasteiger partial charge on any atom is -0.508 e. The van der Waals surface area contributed by atoms with Gasteiger partial charge in [-0.3, -0.25) is 4.79 Å². The van der Waals surface area contributed by atoms with Crippen LogP contribution < -0.4 is 0 Å². The molecule has 260 valence electrons. The molecule has 2 aromatic carbocycles. The van der Waals surface area contributed by atoms with Gasteiger partial charge in [-0.1, -0.05) is 37.3 Å². The van der Waals surface area contributed by atoms with Crippen LogP contribution in [0.4, 0.5) is 0 Å². The van der Waals surface area contributed by atoms with Crippen LogP contribution >= 0.6 is 0 Å². The Labute approximate surface area is 278 Å². The number of phenols is 1. The molecule has 3 aliphatic carbocycles. The Morgan fingerprint density at radius 3 is 2.23 bits per heavy atom. The molecule has 0 bridgehead atoms. The van der Waals surface area contributed by atoms with E-state index in [1.54, 1.807) is 56.3 Å². The van der Waals surface area contributed by atoms with Gasteiger partial charge in [-0.15, -0.1) is 0 Å². The van der Waals surface area contributed by atoms with Crippen molar-refractivity contribution in [3.8, 4) is 5.75 Å². The lowest BCUT2D eigenvalue weighted by atomic mass is 9.51. The van der Waals surface area contributed by atoms with E-state index in [1.807, 2.05) is 0 Å². The van der Waals surface area contributed by atoms with E-state index in [1.165, 1.54) is 32.9 Å². The number of rotatable bonds is 5. The normalized spacial score (nSPS) is 39.5. The summed E-state index contributed by atoms with van der Waals surface area (Å²) in [6.07, 6.45) is -10.4. The summed E-state index contributed by atoms with van der Waals surface area (Å²) < 4.78 is 25.4. The van der Waals surface area contributed by atoms with Crippen LogP contribution in [0.15, 0.2) is 65.7 Å². The Balaban J connectivity index is 1.65. The van der Waals surface area contributed by atoms with Gasteiger partial charge in [0.15, 0.2) is 6.29 Å². The Hall–Kier alpha value is -3.36. The molecule has 6 N–H and O–H groups in total. The molecule has 11 atom stereocenters. The summed E-state index contributed by atoms with van der Waals surface area (Å²) in [4.78, 5) is 26.7. The van der Waals surface area contributed by atoms with Crippen molar-refractivity contribution in [2.45, 2.75) is 102 Å². The molecule has 2 aromatic rings. The molecule has 12 nitrogen and oxygen atoms in total. The van der Waals surface area contributed by atoms with Crippen molar-refractivity contribution < 1.29 is 59.2 Å². The molecular weight excluding hydrogens is 624 g/mol. The molecule has 3 fully saturated rings. The third-order valence-electron chi connectivity index (χ3n) is 11.4. The van der Waals surface area contributed by atoms with Gasteiger partial charge in [0, 0.05) is 30.2 Å². The second-order valence-electron chi connectivity index (χ2n) is 14.4. The molecule has 0 amide bonds. The first kappa shape index (κ1) is 34.5. The van der Waals surface area contributed by atoms with Gasteiger partial charge in [-0.25, -0.2) is 4.79 Å². The summed E-state index contributed by atoms with van der Waals surface area (Å²) in [5.41, 5.74) is -6.03. The number of benzene rings is 2. The van der Waals surface area contributed by atoms with Gasteiger partial charge in [0.2, 0.25) is 0 Å². The van der Waals surface area contributed by atoms with Gasteiger partial charge < -0.3 is 49.6 Å². The molecule has 0 radical (unpaired) electrons. The van der Waals surface area contributed by atoms with Crippen LogP contribution in [0.25, 0.3) is 0 Å². The third-order valence-corrected chi connectivity index (χ3v) is 11.4. The number of phenolic OH excluding ortho intramolecular Hbond substituents is 1. The highest BCUT2D eigenvalue weighted by molar-refractivity contribution is 5.89. The minimum atomic E-state index is -1.83. The lowest BCUT2D eigenvalue weighted by Crippen LogP contribution is -2.73. The summed E-state index contributed by atoms with van der Waals surface area (Å²) in [7, 11) is 0. The maximum atomic E-state index is 14.1. The number of aliphatic hydroxyl groups is 5. The predicted molar refractivity (Wildman–Crippen MR) is 168 cm³/mol. The zero-order valence-corrected chi connectivity index (χ0v) is 27.6. The minimum absolute atomic E-state index is 0.00739. The molecule has 2 saturated carbocycles. The molecular formula is C36H44O12. The third kappa shape index (κ3) is 5.00. The first-order chi connectivity index (χ1) is 22.5. The average Bonchev–Trinajstić information content (AvgIpc) is 3.57. The summed E-state index contributed by atoms with van der Waals surface area (Å²) in [5, 5.41) is 69.8. The Kier molecular flexibility index (Phi) is 8.56. The van der Waals surface area contributed by atoms with E-state index in [0.29, 0.717) is 5.56 Å². The molecule has 4 aliphatic rings. The fourth-order valence-electron chi connectivity index (χ4n) is 9.00. The van der Waals surface area contributed by atoms with E-state index < -0.39 is 82.8 Å². The summed E-state index contributed by atoms with van der Waals surface area (Å²) in [5.74, 6) is -2.82. The summed E-state index contributed by atoms with van der Waals surface area (Å²) in [6.45, 7) is 7.01. The average molecular weight is 669 g/mol. The number of fused-ring (bicyclic) bond motifs is 3. The number of ether oxygens (including phenoxy) is 4. The van der Waals surface area contributed by atoms with Crippen LogP contribution in [-0.4, -0.2) is 97.0 Å². The van der Waals surface area contributed by atoms with Crippen molar-refractivity contribution in [1.29, 1.82) is 0 Å². The SMILES string of the molecule is CC(=O)O[C@H]1C[C@H](O)[C@]2(C)C([C@H](OC(=O)c3ccccc3)[C@]3(C(C)(C)O)C[C@H](O)C(C)=C3[C@@H](O)[C@@H]2O)[C@]12CO[C@H](c1ccc(O)cc1)O2. The molecule has 0 aromatic heterocycles. The maximum Gasteiger partial charge on any atom is 0.338 e. The predicted octanol–water partition coefficient (Wildman–Crippen LogP) is 2.29. The highest BCUT2D eigenvalue weighted by atomic mass is 16.7. The number of carbonyl (C=O) groups excluding carboxylic acids is 2. The van der Waals surface area contributed by atoms with Gasteiger partial charge in [0.05, 0.1) is 41.5 Å². The second kappa shape index (κ2) is 11.9. The van der Waals surface area contributed by atoms with E-state index in [9.17, 15) is 40.2 Å². The highest BCUT2D eigenvalue weighted by Crippen LogP contribution is 2.67. The summed E-state index contributed by atoms with van der Waals surface area (Å²) in [6, 6.07) is 14.2. The monoisotopic (exact) mass is 668 g/mol. The van der Waals surface area contributed by atoms with Gasteiger partial charge in [0.25, 0.3) is 0 Å². The van der Waals surface area contributed by atoms with Crippen molar-refractivity contribution in [3.63, 3.8) is 0 Å². The fraction of sp³-hybridized carbons (Fsp3) is 0.556. The van der Waals surface area contributed by atoms with Crippen molar-refractivity contribution >= 4 is 11.9 Å². The topological polar surface area (TPSA) is 192 Å². The van der Waals surface area contributed by atoms with Crippen LogP contribution in [0.5, 0.6) is 5.75 Å². The van der Waals surface area contributed by atoms with Crippen molar-refractivity contribution in [2.24, 2.45) is 16.7 Å². The molecule has 12 heteroatoms. The Morgan fingerprint density at radius 1 is 0.979 bits per heavy atom. The first-order valence-electron chi connectivity index (χ1n) is 16.2. The van der Waals surface area contributed by atoms with Crippen molar-refractivity contribution in [3.05, 3.63) is 76.9 Å². The number of aliphatic hydroxyl groups excluding tert-OH is 4. The van der Waals surface area contributed by atoms with Gasteiger partial charge >= 0.3 is 11.9 Å². The molecule has 1 saturated heterocycles. The van der Waals surface area contributed by atoms with E-state index in [-0.39, 0.29) is 41.9 Å². The van der Waals surface area contributed by atoms with Gasteiger partial charge in [-0.2, -0.15) is 0 Å². The Bertz CT molecular complexity index is 1580. The number of aromatic hydroxyl groups is 1. The van der Waals surface area contributed by atoms with Crippen molar-refractivity contribution in [2.75, 3.05) is 6.61 Å². The molecule has 48 heavy (non-hydrogen) atoms. The van der Waals surface area contributed by atoms with E-state index >= 15 is 0 Å². The number of carbonyl (C=O) groups is 2. The zero-order valence-electron chi connectivity index (χ0n) is 27.6. The quantitative estimate of drug-likeness (QED) is 0.202.